The molecule has 0 amide bonds. The number of ether oxygens (including phenoxy) is 1. The maximum atomic E-state index is 10.4. The van der Waals surface area contributed by atoms with Gasteiger partial charge >= 0.3 is 5.97 Å². The first-order valence-electron chi connectivity index (χ1n) is 3.18. The first-order valence-corrected chi connectivity index (χ1v) is 3.18. The Morgan fingerprint density at radius 1 is 1.60 bits per heavy atom. The number of nitrogens with two attached hydrogens (primary N) is 1. The van der Waals surface area contributed by atoms with Gasteiger partial charge in [0.15, 0.2) is 0 Å². The maximum absolute atomic E-state index is 10.4. The summed E-state index contributed by atoms with van der Waals surface area (Å²) in [6.45, 7) is 0.586. The highest BCUT2D eigenvalue weighted by Gasteiger charge is 2.22. The minimum absolute atomic E-state index is 0. The molecule has 0 aromatic carbocycles. The van der Waals surface area contributed by atoms with E-state index >= 15 is 0 Å². The van der Waals surface area contributed by atoms with E-state index in [1.165, 1.54) is 12.8 Å². The Balaban J connectivity index is 0.000000810. The Morgan fingerprint density at radius 3 is 2.60 bits per heavy atom. The summed E-state index contributed by atoms with van der Waals surface area (Å²) in [6, 6.07) is 0. The highest BCUT2D eigenvalue weighted by molar-refractivity contribution is 5.85. The standard InChI is InChI=1S/C6H11NO2.ClH/c7-3-6(8)9-4-5-1-2-5;/h5H,1-4,7H2;1H. The van der Waals surface area contributed by atoms with E-state index < -0.39 is 0 Å². The van der Waals surface area contributed by atoms with Crippen LogP contribution in [0.25, 0.3) is 0 Å². The van der Waals surface area contributed by atoms with Crippen molar-refractivity contribution in [2.24, 2.45) is 11.7 Å². The van der Waals surface area contributed by atoms with Gasteiger partial charge in [0, 0.05) is 0 Å². The molecule has 0 spiro atoms. The summed E-state index contributed by atoms with van der Waals surface area (Å²) < 4.78 is 4.75. The molecule has 1 aliphatic rings. The molecule has 0 aliphatic heterocycles. The topological polar surface area (TPSA) is 52.3 Å². The number of esters is 1. The number of halogens is 1. The average Bonchev–Trinajstić information content (AvgIpc) is 2.65. The molecule has 0 bridgehead atoms. The summed E-state index contributed by atoms with van der Waals surface area (Å²) in [5.41, 5.74) is 5.00. The molecule has 0 atom stereocenters. The van der Waals surface area contributed by atoms with Crippen LogP contribution in [-0.4, -0.2) is 19.1 Å². The van der Waals surface area contributed by atoms with Crippen molar-refractivity contribution in [2.75, 3.05) is 13.2 Å². The van der Waals surface area contributed by atoms with Crippen molar-refractivity contribution in [3.8, 4) is 0 Å². The number of carbonyl (C=O) groups is 1. The predicted octanol–water partition coefficient (Wildman–Crippen LogP) is 0.320. The number of hydrogen-bond acceptors (Lipinski definition) is 3. The van der Waals surface area contributed by atoms with Gasteiger partial charge in [-0.25, -0.2) is 0 Å². The van der Waals surface area contributed by atoms with Crippen LogP contribution >= 0.6 is 12.4 Å². The second-order valence-electron chi connectivity index (χ2n) is 2.33. The molecule has 1 rings (SSSR count). The van der Waals surface area contributed by atoms with Gasteiger partial charge in [0.25, 0.3) is 0 Å². The van der Waals surface area contributed by atoms with Crippen LogP contribution in [0.2, 0.25) is 0 Å². The molecular weight excluding hydrogens is 154 g/mol. The van der Waals surface area contributed by atoms with Gasteiger partial charge < -0.3 is 10.5 Å². The molecule has 4 heteroatoms. The quantitative estimate of drug-likeness (QED) is 0.613. The largest absolute Gasteiger partial charge is 0.464 e. The van der Waals surface area contributed by atoms with Crippen LogP contribution in [0.15, 0.2) is 0 Å². The zero-order valence-electron chi connectivity index (χ0n) is 5.71. The van der Waals surface area contributed by atoms with E-state index in [2.05, 4.69) is 0 Å². The van der Waals surface area contributed by atoms with Crippen LogP contribution in [0, 0.1) is 5.92 Å². The lowest BCUT2D eigenvalue weighted by Gasteiger charge is -1.98. The van der Waals surface area contributed by atoms with Gasteiger partial charge in [0.05, 0.1) is 13.2 Å². The van der Waals surface area contributed by atoms with Crippen molar-refractivity contribution in [1.82, 2.24) is 0 Å². The summed E-state index contributed by atoms with van der Waals surface area (Å²) in [7, 11) is 0. The predicted molar refractivity (Wildman–Crippen MR) is 40.0 cm³/mol. The van der Waals surface area contributed by atoms with Gasteiger partial charge in [-0.3, -0.25) is 4.79 Å². The summed E-state index contributed by atoms with van der Waals surface area (Å²) in [6.07, 6.45) is 2.41. The van der Waals surface area contributed by atoms with Crippen molar-refractivity contribution in [3.63, 3.8) is 0 Å². The third kappa shape index (κ3) is 3.69. The summed E-state index contributed by atoms with van der Waals surface area (Å²) >= 11 is 0. The molecule has 60 valence electrons. The van der Waals surface area contributed by atoms with E-state index in [1.54, 1.807) is 0 Å². The Labute approximate surface area is 66.3 Å². The molecule has 0 aromatic heterocycles. The summed E-state index contributed by atoms with van der Waals surface area (Å²) in [4.78, 5) is 10.4. The van der Waals surface area contributed by atoms with Gasteiger partial charge in [0.1, 0.15) is 0 Å². The lowest BCUT2D eigenvalue weighted by molar-refractivity contribution is -0.142. The van der Waals surface area contributed by atoms with Crippen LogP contribution in [0.3, 0.4) is 0 Å². The lowest BCUT2D eigenvalue weighted by Crippen LogP contribution is -2.17. The van der Waals surface area contributed by atoms with E-state index in [1.807, 2.05) is 0 Å². The second kappa shape index (κ2) is 4.52. The molecule has 0 radical (unpaired) electrons. The van der Waals surface area contributed by atoms with E-state index in [4.69, 9.17) is 10.5 Å². The highest BCUT2D eigenvalue weighted by Crippen LogP contribution is 2.28. The van der Waals surface area contributed by atoms with Gasteiger partial charge in [-0.15, -0.1) is 12.4 Å². The minimum Gasteiger partial charge on any atom is -0.464 e. The first kappa shape index (κ1) is 9.72. The van der Waals surface area contributed by atoms with Crippen molar-refractivity contribution >= 4 is 18.4 Å². The van der Waals surface area contributed by atoms with Crippen LogP contribution in [-0.2, 0) is 9.53 Å². The van der Waals surface area contributed by atoms with Crippen molar-refractivity contribution in [3.05, 3.63) is 0 Å². The van der Waals surface area contributed by atoms with E-state index in [0.717, 1.165) is 0 Å². The molecule has 0 saturated heterocycles. The Hall–Kier alpha value is -0.280. The maximum Gasteiger partial charge on any atom is 0.319 e. The van der Waals surface area contributed by atoms with Gasteiger partial charge in [0.2, 0.25) is 0 Å². The molecule has 3 nitrogen and oxygen atoms in total. The van der Waals surface area contributed by atoms with E-state index in [0.29, 0.717) is 12.5 Å². The van der Waals surface area contributed by atoms with Crippen LogP contribution in [0.1, 0.15) is 12.8 Å². The molecule has 10 heavy (non-hydrogen) atoms. The fourth-order valence-electron chi connectivity index (χ4n) is 0.554. The summed E-state index contributed by atoms with van der Waals surface area (Å²) in [5, 5.41) is 0. The first-order chi connectivity index (χ1) is 4.33. The van der Waals surface area contributed by atoms with Crippen LogP contribution < -0.4 is 5.73 Å². The molecule has 0 unspecified atom stereocenters. The highest BCUT2D eigenvalue weighted by atomic mass is 35.5. The SMILES string of the molecule is Cl.NCC(=O)OCC1CC1. The average molecular weight is 166 g/mol. The number of carbonyl (C=O) groups excluding carboxylic acids is 1. The van der Waals surface area contributed by atoms with E-state index in [9.17, 15) is 4.79 Å². The molecule has 0 heterocycles. The molecule has 0 aromatic rings. The zero-order valence-corrected chi connectivity index (χ0v) is 6.52. The Morgan fingerprint density at radius 2 is 2.20 bits per heavy atom. The monoisotopic (exact) mass is 165 g/mol. The number of hydrogen-bond donors (Lipinski definition) is 1. The lowest BCUT2D eigenvalue weighted by atomic mass is 10.5. The molecule has 1 fully saturated rings. The van der Waals surface area contributed by atoms with Crippen LogP contribution in [0.5, 0.6) is 0 Å². The Bertz CT molecular complexity index is 114. The molecular formula is C6H12ClNO2. The summed E-state index contributed by atoms with van der Waals surface area (Å²) in [5.74, 6) is 0.349. The smallest absolute Gasteiger partial charge is 0.319 e. The van der Waals surface area contributed by atoms with Crippen molar-refractivity contribution < 1.29 is 9.53 Å². The minimum atomic E-state index is -0.290. The van der Waals surface area contributed by atoms with Crippen molar-refractivity contribution in [2.45, 2.75) is 12.8 Å². The second-order valence-corrected chi connectivity index (χ2v) is 2.33. The van der Waals surface area contributed by atoms with Gasteiger partial charge in [-0.2, -0.15) is 0 Å². The third-order valence-corrected chi connectivity index (χ3v) is 1.34. The molecule has 1 saturated carbocycles. The fraction of sp³-hybridized carbons (Fsp3) is 0.833. The van der Waals surface area contributed by atoms with E-state index in [-0.39, 0.29) is 24.9 Å². The van der Waals surface area contributed by atoms with Gasteiger partial charge in [-0.05, 0) is 18.8 Å². The van der Waals surface area contributed by atoms with Crippen molar-refractivity contribution in [1.29, 1.82) is 0 Å². The normalized spacial score (nSPS) is 15.7. The molecule has 2 N–H and O–H groups in total. The molecule has 1 aliphatic carbocycles. The van der Waals surface area contributed by atoms with Crippen LogP contribution in [0.4, 0.5) is 0 Å². The van der Waals surface area contributed by atoms with Gasteiger partial charge in [-0.1, -0.05) is 0 Å². The fourth-order valence-corrected chi connectivity index (χ4v) is 0.554. The third-order valence-electron chi connectivity index (χ3n) is 1.34. The zero-order chi connectivity index (χ0) is 6.69. The Kier molecular flexibility index (Phi) is 4.40. The number of rotatable bonds is 3.